The number of aromatic nitrogens is 2. The van der Waals surface area contributed by atoms with Gasteiger partial charge in [-0.05, 0) is 41.0 Å². The zero-order valence-corrected chi connectivity index (χ0v) is 22.8. The first-order valence-electron chi connectivity index (χ1n) is 14.7. The van der Waals surface area contributed by atoms with Crippen molar-refractivity contribution in [1.82, 2.24) is 14.5 Å². The van der Waals surface area contributed by atoms with Crippen LogP contribution in [0.3, 0.4) is 0 Å². The number of fused-ring (bicyclic) bond motifs is 9. The molecule has 0 radical (unpaired) electrons. The molecular formula is C30H30F2N3O4P. The van der Waals surface area contributed by atoms with Gasteiger partial charge >= 0.3 is 6.61 Å². The Morgan fingerprint density at radius 3 is 2.50 bits per heavy atom. The molecular weight excluding hydrogens is 535 g/mol. The first-order valence-corrected chi connectivity index (χ1v) is 15.3. The Balaban J connectivity index is 1.49. The van der Waals surface area contributed by atoms with Gasteiger partial charge in [0, 0.05) is 41.0 Å². The second kappa shape index (κ2) is 9.82. The van der Waals surface area contributed by atoms with E-state index in [9.17, 15) is 23.2 Å². The Labute approximate surface area is 235 Å². The van der Waals surface area contributed by atoms with E-state index in [-0.39, 0.29) is 23.3 Å². The van der Waals surface area contributed by atoms with Gasteiger partial charge in [-0.1, -0.05) is 50.2 Å². The number of halogens is 2. The standard InChI is InChI=1S/C30H30F2N3O4P/c1-4-40(38,5-2)29(37)18-11-9-17(10-12-18)19-13-14-21-22(15-19)35-23-16-24(27(35)33-21)34(3)28(36)20-7-6-8-25(26(20)23)39-30(31)32/h6-15,23-24,29-30,37H,4-5,16H2,1-3H3/t23-,24-,29?/m1/s1/i3D3. The molecule has 1 amide bonds. The summed E-state index contributed by atoms with van der Waals surface area (Å²) < 4.78 is 71.1. The maximum Gasteiger partial charge on any atom is 0.387 e. The number of hydrogen-bond donors (Lipinski definition) is 1. The number of carbonyl (C=O) groups is 1. The van der Waals surface area contributed by atoms with Crippen LogP contribution in [0.4, 0.5) is 8.78 Å². The quantitative estimate of drug-likeness (QED) is 0.248. The largest absolute Gasteiger partial charge is 0.434 e. The number of hydrogen-bond acceptors (Lipinski definition) is 5. The number of rotatable bonds is 7. The third-order valence-electron chi connectivity index (χ3n) is 8.21. The average Bonchev–Trinajstić information content (AvgIpc) is 3.48. The van der Waals surface area contributed by atoms with Crippen molar-refractivity contribution in [3.63, 3.8) is 0 Å². The summed E-state index contributed by atoms with van der Waals surface area (Å²) in [7, 11) is -2.77. The van der Waals surface area contributed by atoms with Gasteiger partial charge in [-0.25, -0.2) is 4.98 Å². The van der Waals surface area contributed by atoms with Gasteiger partial charge in [0.25, 0.3) is 5.91 Å². The van der Waals surface area contributed by atoms with Crippen LogP contribution in [0.15, 0.2) is 60.7 Å². The van der Waals surface area contributed by atoms with Crippen LogP contribution in [0.1, 0.15) is 69.6 Å². The first-order chi connectivity index (χ1) is 20.4. The number of alkyl halides is 2. The van der Waals surface area contributed by atoms with Gasteiger partial charge in [0.05, 0.1) is 23.1 Å². The lowest BCUT2D eigenvalue weighted by molar-refractivity contribution is -0.0507. The fourth-order valence-corrected chi connectivity index (χ4v) is 7.83. The van der Waals surface area contributed by atoms with E-state index in [0.29, 0.717) is 34.7 Å². The highest BCUT2D eigenvalue weighted by Crippen LogP contribution is 2.57. The second-order valence-corrected chi connectivity index (χ2v) is 13.8. The molecule has 3 heterocycles. The molecule has 0 fully saturated rings. The minimum absolute atomic E-state index is 0.00368. The number of aliphatic hydroxyl groups is 1. The molecule has 10 heteroatoms. The van der Waals surface area contributed by atoms with Crippen molar-refractivity contribution in [2.24, 2.45) is 0 Å². The van der Waals surface area contributed by atoms with Crippen LogP contribution in [-0.2, 0) is 4.57 Å². The number of nitrogens with zero attached hydrogens (tertiary/aromatic N) is 3. The molecule has 6 rings (SSSR count). The van der Waals surface area contributed by atoms with E-state index in [1.165, 1.54) is 18.2 Å². The van der Waals surface area contributed by atoms with Crippen molar-refractivity contribution in [3.05, 3.63) is 83.2 Å². The number of amides is 1. The summed E-state index contributed by atoms with van der Waals surface area (Å²) in [5.74, 6) is -1.67. The van der Waals surface area contributed by atoms with Gasteiger partial charge in [-0.15, -0.1) is 0 Å². The Morgan fingerprint density at radius 2 is 1.82 bits per heavy atom. The molecule has 1 unspecified atom stereocenters. The van der Waals surface area contributed by atoms with Crippen molar-refractivity contribution in [2.45, 2.75) is 44.8 Å². The van der Waals surface area contributed by atoms with Crippen LogP contribution < -0.4 is 4.74 Å². The number of imidazole rings is 1. The molecule has 0 spiro atoms. The summed E-state index contributed by atoms with van der Waals surface area (Å²) in [4.78, 5) is 19.1. The van der Waals surface area contributed by atoms with E-state index in [0.717, 1.165) is 16.0 Å². The Morgan fingerprint density at radius 1 is 1.10 bits per heavy atom. The van der Waals surface area contributed by atoms with Crippen LogP contribution >= 0.6 is 7.14 Å². The van der Waals surface area contributed by atoms with Crippen molar-refractivity contribution in [1.29, 1.82) is 0 Å². The van der Waals surface area contributed by atoms with Gasteiger partial charge in [0.15, 0.2) is 0 Å². The van der Waals surface area contributed by atoms with Crippen LogP contribution in [-0.4, -0.2) is 51.4 Å². The molecule has 2 aliphatic rings. The monoisotopic (exact) mass is 568 g/mol. The van der Waals surface area contributed by atoms with Crippen LogP contribution in [0.25, 0.3) is 22.2 Å². The molecule has 2 aliphatic heterocycles. The number of ether oxygens (including phenoxy) is 1. The van der Waals surface area contributed by atoms with Gasteiger partial charge in [-0.3, -0.25) is 4.79 Å². The SMILES string of the molecule is [2H]C([2H])([2H])N1C(=O)c2cccc(OC(F)F)c2[C@H]2C[C@@H]1c1nc3ccc(-c4ccc(C(O)P(=O)(CC)CC)cc4)cc3n12. The second-order valence-electron chi connectivity index (χ2n) is 10.2. The van der Waals surface area contributed by atoms with Crippen molar-refractivity contribution < 1.29 is 32.1 Å². The van der Waals surface area contributed by atoms with E-state index in [1.54, 1.807) is 18.2 Å². The molecule has 0 saturated carbocycles. The van der Waals surface area contributed by atoms with E-state index in [2.05, 4.69) is 0 Å². The number of carbonyl (C=O) groups excluding carboxylic acids is 1. The summed E-state index contributed by atoms with van der Waals surface area (Å²) >= 11 is 0. The third kappa shape index (κ3) is 4.06. The highest BCUT2D eigenvalue weighted by molar-refractivity contribution is 7.64. The predicted molar refractivity (Wildman–Crippen MR) is 149 cm³/mol. The molecule has 3 aromatic carbocycles. The maximum atomic E-state index is 13.6. The lowest BCUT2D eigenvalue weighted by Crippen LogP contribution is -2.30. The highest BCUT2D eigenvalue weighted by atomic mass is 31.2. The molecule has 3 atom stereocenters. The smallest absolute Gasteiger partial charge is 0.387 e. The van der Waals surface area contributed by atoms with E-state index in [4.69, 9.17) is 13.8 Å². The Kier molecular flexibility index (Phi) is 5.69. The van der Waals surface area contributed by atoms with Crippen LogP contribution in [0, 0.1) is 0 Å². The molecule has 1 aromatic heterocycles. The van der Waals surface area contributed by atoms with E-state index < -0.39 is 44.6 Å². The van der Waals surface area contributed by atoms with Gasteiger partial charge in [0.1, 0.15) is 24.6 Å². The summed E-state index contributed by atoms with van der Waals surface area (Å²) in [5, 5.41) is 10.8. The first kappa shape index (κ1) is 23.2. The van der Waals surface area contributed by atoms with Gasteiger partial charge < -0.3 is 23.9 Å². The van der Waals surface area contributed by atoms with Crippen molar-refractivity contribution in [3.8, 4) is 16.9 Å². The molecule has 4 aromatic rings. The molecule has 208 valence electrons. The summed E-state index contributed by atoms with van der Waals surface area (Å²) in [6.07, 6.45) is 0.926. The Hall–Kier alpha value is -3.55. The Bertz CT molecular complexity index is 1770. The zero-order chi connectivity index (χ0) is 30.8. The summed E-state index contributed by atoms with van der Waals surface area (Å²) in [6.45, 7) is -2.33. The normalized spacial score (nSPS) is 20.5. The lowest BCUT2D eigenvalue weighted by atomic mass is 9.97. The number of benzene rings is 3. The van der Waals surface area contributed by atoms with Crippen molar-refractivity contribution >= 4 is 24.1 Å². The van der Waals surface area contributed by atoms with E-state index in [1.807, 2.05) is 42.7 Å². The highest BCUT2D eigenvalue weighted by Gasteiger charge is 2.45. The minimum Gasteiger partial charge on any atom is -0.434 e. The van der Waals surface area contributed by atoms with Crippen LogP contribution in [0.2, 0.25) is 0 Å². The molecule has 40 heavy (non-hydrogen) atoms. The fourth-order valence-electron chi connectivity index (χ4n) is 5.98. The summed E-state index contributed by atoms with van der Waals surface area (Å²) in [5.41, 5.74) is 3.58. The average molecular weight is 569 g/mol. The van der Waals surface area contributed by atoms with Gasteiger partial charge in [-0.2, -0.15) is 8.78 Å². The lowest BCUT2D eigenvalue weighted by Gasteiger charge is -2.24. The topological polar surface area (TPSA) is 84.7 Å². The molecule has 1 N–H and O–H groups in total. The van der Waals surface area contributed by atoms with E-state index >= 15 is 0 Å². The van der Waals surface area contributed by atoms with Crippen LogP contribution in [0.5, 0.6) is 5.75 Å². The third-order valence-corrected chi connectivity index (χ3v) is 11.5. The molecule has 2 bridgehead atoms. The fraction of sp³-hybridized carbons (Fsp3) is 0.333. The maximum absolute atomic E-state index is 13.6. The molecule has 0 aliphatic carbocycles. The number of aliphatic hydroxyl groups excluding tert-OH is 1. The van der Waals surface area contributed by atoms with Gasteiger partial charge in [0.2, 0.25) is 0 Å². The van der Waals surface area contributed by atoms with Crippen molar-refractivity contribution in [2.75, 3.05) is 19.3 Å². The molecule has 7 nitrogen and oxygen atoms in total. The molecule has 0 saturated heterocycles. The zero-order valence-electron chi connectivity index (χ0n) is 24.9. The minimum atomic E-state index is -3.14. The summed E-state index contributed by atoms with van der Waals surface area (Å²) in [6, 6.07) is 15.3. The predicted octanol–water partition coefficient (Wildman–Crippen LogP) is 6.82.